The van der Waals surface area contributed by atoms with Crippen LogP contribution in [0, 0.1) is 0 Å². The number of allylic oxidation sites excluding steroid dienone is 1. The van der Waals surface area contributed by atoms with Crippen molar-refractivity contribution in [3.05, 3.63) is 24.5 Å². The summed E-state index contributed by atoms with van der Waals surface area (Å²) >= 11 is 0. The van der Waals surface area contributed by atoms with Crippen molar-refractivity contribution < 1.29 is 4.74 Å². The molecule has 0 spiro atoms. The summed E-state index contributed by atoms with van der Waals surface area (Å²) in [5.41, 5.74) is 0. The summed E-state index contributed by atoms with van der Waals surface area (Å²) in [7, 11) is 0. The normalized spacial score (nSPS) is 10.5. The molecule has 0 radical (unpaired) electrons. The summed E-state index contributed by atoms with van der Waals surface area (Å²) in [5.74, 6) is 1.41. The van der Waals surface area contributed by atoms with Gasteiger partial charge in [-0.3, -0.25) is 0 Å². The molecule has 4 heteroatoms. The Kier molecular flexibility index (Phi) is 5.22. The van der Waals surface area contributed by atoms with Gasteiger partial charge in [-0.1, -0.05) is 19.1 Å². The predicted octanol–water partition coefficient (Wildman–Crippen LogP) is 2.25. The van der Waals surface area contributed by atoms with Gasteiger partial charge in [0.2, 0.25) is 5.88 Å². The number of rotatable bonds is 6. The number of nitrogens with zero attached hydrogens (tertiary/aromatic N) is 2. The van der Waals surface area contributed by atoms with Gasteiger partial charge in [-0.2, -0.15) is 0 Å². The fourth-order valence-corrected chi connectivity index (χ4v) is 0.998. The first-order valence-electron chi connectivity index (χ1n) is 5.16. The van der Waals surface area contributed by atoms with Gasteiger partial charge in [0.1, 0.15) is 18.8 Å². The minimum Gasteiger partial charge on any atom is -0.473 e. The highest BCUT2D eigenvalue weighted by Crippen LogP contribution is 2.10. The average Bonchev–Trinajstić information content (AvgIpc) is 2.27. The molecule has 1 N–H and O–H groups in total. The molecule has 4 nitrogen and oxygen atoms in total. The first kappa shape index (κ1) is 11.5. The number of nitrogens with one attached hydrogen (secondary N) is 1. The van der Waals surface area contributed by atoms with E-state index in [1.165, 1.54) is 6.33 Å². The van der Waals surface area contributed by atoms with Gasteiger partial charge >= 0.3 is 0 Å². The fourth-order valence-electron chi connectivity index (χ4n) is 0.998. The number of hydrogen-bond acceptors (Lipinski definition) is 4. The van der Waals surface area contributed by atoms with Crippen LogP contribution in [0.5, 0.6) is 5.88 Å². The molecule has 0 aliphatic carbocycles. The highest BCUT2D eigenvalue weighted by molar-refractivity contribution is 5.36. The molecule has 1 aromatic rings. The zero-order chi connectivity index (χ0) is 10.9. The van der Waals surface area contributed by atoms with Crippen LogP contribution in [-0.2, 0) is 0 Å². The molecule has 0 aliphatic rings. The molecule has 15 heavy (non-hydrogen) atoms. The quantitative estimate of drug-likeness (QED) is 0.727. The zero-order valence-corrected chi connectivity index (χ0v) is 9.23. The maximum atomic E-state index is 5.39. The number of aromatic nitrogens is 2. The van der Waals surface area contributed by atoms with E-state index >= 15 is 0 Å². The van der Waals surface area contributed by atoms with E-state index in [2.05, 4.69) is 22.2 Å². The SMILES string of the molecule is C/C=C/COc1cc(NCCC)ncn1. The van der Waals surface area contributed by atoms with Crippen molar-refractivity contribution in [1.29, 1.82) is 0 Å². The van der Waals surface area contributed by atoms with Crippen molar-refractivity contribution in [1.82, 2.24) is 9.97 Å². The fraction of sp³-hybridized carbons (Fsp3) is 0.455. The van der Waals surface area contributed by atoms with E-state index in [1.807, 2.05) is 19.1 Å². The van der Waals surface area contributed by atoms with Gasteiger partial charge in [-0.25, -0.2) is 9.97 Å². The number of anilines is 1. The summed E-state index contributed by atoms with van der Waals surface area (Å²) in [6.45, 7) is 5.52. The minimum atomic E-state index is 0.542. The highest BCUT2D eigenvalue weighted by atomic mass is 16.5. The highest BCUT2D eigenvalue weighted by Gasteiger charge is 1.97. The lowest BCUT2D eigenvalue weighted by atomic mass is 10.4. The summed E-state index contributed by atoms with van der Waals surface area (Å²) in [6, 6.07) is 1.80. The smallest absolute Gasteiger partial charge is 0.218 e. The Labute approximate surface area is 90.4 Å². The van der Waals surface area contributed by atoms with Crippen molar-refractivity contribution >= 4 is 5.82 Å². The molecular weight excluding hydrogens is 190 g/mol. The van der Waals surface area contributed by atoms with E-state index in [0.717, 1.165) is 18.8 Å². The second-order valence-electron chi connectivity index (χ2n) is 3.05. The molecule has 1 rings (SSSR count). The Balaban J connectivity index is 2.49. The lowest BCUT2D eigenvalue weighted by molar-refractivity contribution is 0.347. The van der Waals surface area contributed by atoms with E-state index in [4.69, 9.17) is 4.74 Å². The maximum Gasteiger partial charge on any atom is 0.218 e. The van der Waals surface area contributed by atoms with Gasteiger partial charge in [-0.15, -0.1) is 0 Å². The molecule has 1 heterocycles. The van der Waals surface area contributed by atoms with Crippen LogP contribution >= 0.6 is 0 Å². The topological polar surface area (TPSA) is 47.0 Å². The maximum absolute atomic E-state index is 5.39. The second kappa shape index (κ2) is 6.81. The molecule has 0 fully saturated rings. The van der Waals surface area contributed by atoms with Gasteiger partial charge in [-0.05, 0) is 13.3 Å². The Morgan fingerprint density at radius 2 is 2.33 bits per heavy atom. The molecular formula is C11H17N3O. The van der Waals surface area contributed by atoms with Crippen molar-refractivity contribution in [3.8, 4) is 5.88 Å². The van der Waals surface area contributed by atoms with Crippen LogP contribution < -0.4 is 10.1 Å². The monoisotopic (exact) mass is 207 g/mol. The Morgan fingerprint density at radius 1 is 1.47 bits per heavy atom. The van der Waals surface area contributed by atoms with Gasteiger partial charge in [0.15, 0.2) is 0 Å². The zero-order valence-electron chi connectivity index (χ0n) is 9.23. The standard InChI is InChI=1S/C11H17N3O/c1-3-5-7-15-11-8-10(12-6-4-2)13-9-14-11/h3,5,8-9H,4,6-7H2,1-2H3,(H,12,13,14)/b5-3+. The lowest BCUT2D eigenvalue weighted by Gasteiger charge is -2.05. The number of hydrogen-bond donors (Lipinski definition) is 1. The third-order valence-electron chi connectivity index (χ3n) is 1.76. The van der Waals surface area contributed by atoms with Crippen molar-refractivity contribution in [2.75, 3.05) is 18.5 Å². The molecule has 0 saturated carbocycles. The Bertz CT molecular complexity index is 312. The molecule has 0 bridgehead atoms. The van der Waals surface area contributed by atoms with E-state index in [9.17, 15) is 0 Å². The minimum absolute atomic E-state index is 0.542. The predicted molar refractivity (Wildman–Crippen MR) is 61.1 cm³/mol. The third-order valence-corrected chi connectivity index (χ3v) is 1.76. The Hall–Kier alpha value is -1.58. The van der Waals surface area contributed by atoms with Crippen LogP contribution in [0.4, 0.5) is 5.82 Å². The molecule has 0 aliphatic heterocycles. The molecule has 0 atom stereocenters. The number of ether oxygens (including phenoxy) is 1. The van der Waals surface area contributed by atoms with E-state index in [-0.39, 0.29) is 0 Å². The van der Waals surface area contributed by atoms with E-state index in [0.29, 0.717) is 12.5 Å². The van der Waals surface area contributed by atoms with Crippen molar-refractivity contribution in [2.24, 2.45) is 0 Å². The second-order valence-corrected chi connectivity index (χ2v) is 3.05. The summed E-state index contributed by atoms with van der Waals surface area (Å²) in [5, 5.41) is 3.18. The first-order chi connectivity index (χ1) is 7.36. The third kappa shape index (κ3) is 4.44. The van der Waals surface area contributed by atoms with E-state index in [1.54, 1.807) is 6.07 Å². The van der Waals surface area contributed by atoms with E-state index < -0.39 is 0 Å². The molecule has 0 aromatic carbocycles. The molecule has 0 unspecified atom stereocenters. The summed E-state index contributed by atoms with van der Waals surface area (Å²) in [6.07, 6.45) is 6.44. The van der Waals surface area contributed by atoms with Crippen molar-refractivity contribution in [2.45, 2.75) is 20.3 Å². The van der Waals surface area contributed by atoms with Crippen LogP contribution in [0.25, 0.3) is 0 Å². The van der Waals surface area contributed by atoms with Crippen LogP contribution in [-0.4, -0.2) is 23.1 Å². The van der Waals surface area contributed by atoms with Gasteiger partial charge < -0.3 is 10.1 Å². The van der Waals surface area contributed by atoms with Crippen LogP contribution in [0.15, 0.2) is 24.5 Å². The first-order valence-corrected chi connectivity index (χ1v) is 5.16. The van der Waals surface area contributed by atoms with Crippen LogP contribution in [0.3, 0.4) is 0 Å². The lowest BCUT2D eigenvalue weighted by Crippen LogP contribution is -2.03. The van der Waals surface area contributed by atoms with Crippen LogP contribution in [0.2, 0.25) is 0 Å². The van der Waals surface area contributed by atoms with Gasteiger partial charge in [0.25, 0.3) is 0 Å². The van der Waals surface area contributed by atoms with Crippen LogP contribution in [0.1, 0.15) is 20.3 Å². The summed E-state index contributed by atoms with van der Waals surface area (Å²) < 4.78 is 5.39. The van der Waals surface area contributed by atoms with Gasteiger partial charge in [0, 0.05) is 12.6 Å². The molecule has 0 amide bonds. The molecule has 1 aromatic heterocycles. The largest absolute Gasteiger partial charge is 0.473 e. The van der Waals surface area contributed by atoms with Crippen molar-refractivity contribution in [3.63, 3.8) is 0 Å². The molecule has 0 saturated heterocycles. The Morgan fingerprint density at radius 3 is 3.07 bits per heavy atom. The summed E-state index contributed by atoms with van der Waals surface area (Å²) in [4.78, 5) is 8.10. The average molecular weight is 207 g/mol. The molecule has 82 valence electrons. The van der Waals surface area contributed by atoms with Gasteiger partial charge in [0.05, 0.1) is 0 Å².